The van der Waals surface area contributed by atoms with Crippen molar-refractivity contribution in [1.29, 1.82) is 0 Å². The summed E-state index contributed by atoms with van der Waals surface area (Å²) in [4.78, 5) is 26.5. The molecule has 1 aliphatic carbocycles. The van der Waals surface area contributed by atoms with Crippen LogP contribution < -0.4 is 16.2 Å². The molecule has 8 nitrogen and oxygen atoms in total. The van der Waals surface area contributed by atoms with Gasteiger partial charge in [0.2, 0.25) is 0 Å². The van der Waals surface area contributed by atoms with Gasteiger partial charge in [-0.15, -0.1) is 10.2 Å². The van der Waals surface area contributed by atoms with Crippen molar-refractivity contribution in [2.45, 2.75) is 65.2 Å². The lowest BCUT2D eigenvalue weighted by molar-refractivity contribution is -0.141. The summed E-state index contributed by atoms with van der Waals surface area (Å²) >= 11 is 0. The van der Waals surface area contributed by atoms with Gasteiger partial charge in [0.1, 0.15) is 24.3 Å². The number of carbonyl (C=O) groups excluding carboxylic acids is 1. The van der Waals surface area contributed by atoms with E-state index in [4.69, 9.17) is 5.73 Å². The largest absolute Gasteiger partial charge is 0.406 e. The van der Waals surface area contributed by atoms with Gasteiger partial charge in [-0.1, -0.05) is 39.8 Å². The first-order valence-corrected chi connectivity index (χ1v) is 12.9. The quantitative estimate of drug-likeness (QED) is 0.453. The Morgan fingerprint density at radius 2 is 1.90 bits per heavy atom. The van der Waals surface area contributed by atoms with Crippen molar-refractivity contribution in [2.24, 2.45) is 24.1 Å². The van der Waals surface area contributed by atoms with Gasteiger partial charge in [0.05, 0.1) is 5.41 Å². The summed E-state index contributed by atoms with van der Waals surface area (Å²) in [5.74, 6) is 0.357. The topological polar surface area (TPSA) is 99.0 Å². The maximum absolute atomic E-state index is 13.2. The normalized spacial score (nSPS) is 19.5. The Morgan fingerprint density at radius 3 is 2.44 bits per heavy atom. The lowest BCUT2D eigenvalue weighted by atomic mass is 9.58. The second-order valence-electron chi connectivity index (χ2n) is 12.0. The lowest BCUT2D eigenvalue weighted by Gasteiger charge is -2.46. The van der Waals surface area contributed by atoms with E-state index >= 15 is 0 Å². The third-order valence-electron chi connectivity index (χ3n) is 7.09. The summed E-state index contributed by atoms with van der Waals surface area (Å²) in [6.07, 6.45) is 0.0720. The number of nitrogens with zero attached hydrogens (tertiary/aromatic N) is 5. The third kappa shape index (κ3) is 6.17. The van der Waals surface area contributed by atoms with Crippen LogP contribution in [-0.2, 0) is 25.6 Å². The fraction of sp³-hybridized carbons (Fsp3) is 0.500. The number of amides is 1. The van der Waals surface area contributed by atoms with E-state index in [-0.39, 0.29) is 17.4 Å². The Kier molecular flexibility index (Phi) is 7.39. The molecule has 1 aliphatic rings. The van der Waals surface area contributed by atoms with E-state index in [1.807, 2.05) is 23.7 Å². The summed E-state index contributed by atoms with van der Waals surface area (Å²) in [5, 5.41) is 8.53. The number of aryl methyl sites for hydroxylation is 1. The van der Waals surface area contributed by atoms with E-state index in [1.54, 1.807) is 6.33 Å². The number of hydrogen-bond acceptors (Lipinski definition) is 5. The molecule has 11 heteroatoms. The molecule has 2 heterocycles. The number of carbonyl (C=O) groups is 1. The molecule has 1 saturated carbocycles. The summed E-state index contributed by atoms with van der Waals surface area (Å²) in [7, 11) is 1.93. The molecule has 0 spiro atoms. The van der Waals surface area contributed by atoms with Crippen molar-refractivity contribution in [3.63, 3.8) is 0 Å². The minimum absolute atomic E-state index is 0.171. The summed E-state index contributed by atoms with van der Waals surface area (Å²) in [5.41, 5.74) is 5.72. The predicted molar refractivity (Wildman–Crippen MR) is 142 cm³/mol. The van der Waals surface area contributed by atoms with Crippen LogP contribution in [0, 0.1) is 11.3 Å². The molecule has 0 radical (unpaired) electrons. The summed E-state index contributed by atoms with van der Waals surface area (Å²) in [6, 6.07) is 9.41. The lowest BCUT2D eigenvalue weighted by Crippen LogP contribution is -2.43. The van der Waals surface area contributed by atoms with Gasteiger partial charge in [-0.2, -0.15) is 13.2 Å². The molecule has 4 rings (SSSR count). The molecule has 2 N–H and O–H groups in total. The van der Waals surface area contributed by atoms with Crippen molar-refractivity contribution in [2.75, 3.05) is 11.4 Å². The van der Waals surface area contributed by atoms with Gasteiger partial charge in [0.15, 0.2) is 0 Å². The number of benzene rings is 1. The van der Waals surface area contributed by atoms with Crippen molar-refractivity contribution >= 4 is 11.6 Å². The van der Waals surface area contributed by atoms with Gasteiger partial charge in [-0.05, 0) is 53.5 Å². The van der Waals surface area contributed by atoms with E-state index in [1.165, 1.54) is 6.07 Å². The van der Waals surface area contributed by atoms with Crippen LogP contribution in [0.1, 0.15) is 67.8 Å². The number of primary amides is 1. The average molecular weight is 545 g/mol. The first-order chi connectivity index (χ1) is 18.1. The molecule has 0 aliphatic heterocycles. The van der Waals surface area contributed by atoms with Gasteiger partial charge in [-0.3, -0.25) is 9.59 Å². The van der Waals surface area contributed by atoms with E-state index in [2.05, 4.69) is 54.9 Å². The Labute approximate surface area is 225 Å². The molecule has 0 atom stereocenters. The minimum atomic E-state index is -4.63. The monoisotopic (exact) mass is 544 g/mol. The van der Waals surface area contributed by atoms with E-state index in [0.717, 1.165) is 36.1 Å². The van der Waals surface area contributed by atoms with Crippen molar-refractivity contribution in [1.82, 2.24) is 19.3 Å². The molecule has 1 aromatic carbocycles. The zero-order chi connectivity index (χ0) is 28.8. The zero-order valence-corrected chi connectivity index (χ0v) is 22.9. The second kappa shape index (κ2) is 10.2. The van der Waals surface area contributed by atoms with Crippen LogP contribution in [0.15, 0.2) is 47.7 Å². The van der Waals surface area contributed by atoms with Gasteiger partial charge in [0.25, 0.3) is 11.5 Å². The minimum Gasteiger partial charge on any atom is -0.367 e. The van der Waals surface area contributed by atoms with Crippen molar-refractivity contribution < 1.29 is 18.0 Å². The molecule has 0 saturated heterocycles. The fourth-order valence-electron chi connectivity index (χ4n) is 5.70. The van der Waals surface area contributed by atoms with Gasteiger partial charge in [0, 0.05) is 32.0 Å². The highest BCUT2D eigenvalue weighted by Gasteiger charge is 2.48. The average Bonchev–Trinajstić information content (AvgIpc) is 3.22. The van der Waals surface area contributed by atoms with Gasteiger partial charge >= 0.3 is 6.18 Å². The second-order valence-corrected chi connectivity index (χ2v) is 12.0. The van der Waals surface area contributed by atoms with Crippen LogP contribution in [0.2, 0.25) is 0 Å². The molecule has 0 bridgehead atoms. The van der Waals surface area contributed by atoms with Gasteiger partial charge < -0.3 is 19.8 Å². The SMILES string of the molecule is CC1CC(c2cccc(N(Cc3cc(C(N)=O)c(=O)n(CC(F)(F)F)c3)CC(C)(C)C)c2)(c2nncn2C)C1. The van der Waals surface area contributed by atoms with E-state index < -0.39 is 29.8 Å². The van der Waals surface area contributed by atoms with Crippen LogP contribution >= 0.6 is 0 Å². The molecule has 210 valence electrons. The number of hydrogen-bond donors (Lipinski definition) is 1. The molecule has 1 amide bonds. The fourth-order valence-corrected chi connectivity index (χ4v) is 5.70. The molecule has 0 unspecified atom stereocenters. The van der Waals surface area contributed by atoms with E-state index in [9.17, 15) is 22.8 Å². The standard InChI is InChI=1S/C28H35F3N6O2/c1-18-11-27(12-18,25-34-33-17-35(25)5)20-7-6-8-21(10-20)36(15-26(2,3)4)13-19-9-22(23(32)38)24(39)37(14-19)16-28(29,30)31/h6-10,14,17-18H,11-13,15-16H2,1-5H3,(H2,32,38). The molecule has 2 aromatic heterocycles. The van der Waals surface area contributed by atoms with Crippen LogP contribution in [0.5, 0.6) is 0 Å². The van der Waals surface area contributed by atoms with E-state index in [0.29, 0.717) is 22.6 Å². The Bertz CT molecular complexity index is 1410. The first kappa shape index (κ1) is 28.4. The molecule has 39 heavy (non-hydrogen) atoms. The predicted octanol–water partition coefficient (Wildman–Crippen LogP) is 4.41. The highest BCUT2D eigenvalue weighted by atomic mass is 19.4. The smallest absolute Gasteiger partial charge is 0.367 e. The Morgan fingerprint density at radius 1 is 1.21 bits per heavy atom. The van der Waals surface area contributed by atoms with Crippen LogP contribution in [0.25, 0.3) is 0 Å². The summed E-state index contributed by atoms with van der Waals surface area (Å²) < 4.78 is 42.1. The van der Waals surface area contributed by atoms with Crippen LogP contribution in [0.3, 0.4) is 0 Å². The molecular formula is C28H35F3N6O2. The number of anilines is 1. The summed E-state index contributed by atoms with van der Waals surface area (Å²) in [6.45, 7) is 7.64. The Hall–Kier alpha value is -3.63. The molecule has 1 fully saturated rings. The number of aromatic nitrogens is 4. The van der Waals surface area contributed by atoms with Crippen LogP contribution in [0.4, 0.5) is 18.9 Å². The Balaban J connectivity index is 1.77. The zero-order valence-electron chi connectivity index (χ0n) is 22.9. The highest BCUT2D eigenvalue weighted by molar-refractivity contribution is 5.92. The number of rotatable bonds is 8. The molecule has 3 aromatic rings. The maximum Gasteiger partial charge on any atom is 0.406 e. The number of pyridine rings is 1. The number of nitrogens with two attached hydrogens (primary N) is 1. The maximum atomic E-state index is 13.2. The first-order valence-electron chi connectivity index (χ1n) is 12.9. The number of halogens is 3. The highest BCUT2D eigenvalue weighted by Crippen LogP contribution is 2.52. The van der Waals surface area contributed by atoms with Crippen molar-refractivity contribution in [3.05, 3.63) is 75.7 Å². The van der Waals surface area contributed by atoms with Gasteiger partial charge in [-0.25, -0.2) is 0 Å². The van der Waals surface area contributed by atoms with Crippen molar-refractivity contribution in [3.8, 4) is 0 Å². The number of alkyl halides is 3. The third-order valence-corrected chi connectivity index (χ3v) is 7.09. The molecular weight excluding hydrogens is 509 g/mol. The van der Waals surface area contributed by atoms with Crippen LogP contribution in [-0.4, -0.2) is 38.0 Å².